The zero-order valence-corrected chi connectivity index (χ0v) is 15.7. The summed E-state index contributed by atoms with van der Waals surface area (Å²) in [5.41, 5.74) is 1.81. The van der Waals surface area contributed by atoms with Crippen LogP contribution in [0.15, 0.2) is 36.9 Å². The highest BCUT2D eigenvalue weighted by Gasteiger charge is 2.18. The highest BCUT2D eigenvalue weighted by atomic mass is 16.2. The first kappa shape index (κ1) is 17.6. The minimum Gasteiger partial charge on any atom is -0.310 e. The molecule has 0 bridgehead atoms. The van der Waals surface area contributed by atoms with Crippen molar-refractivity contribution in [2.24, 2.45) is 13.0 Å². The molecule has 1 aliphatic heterocycles. The fourth-order valence-electron chi connectivity index (χ4n) is 3.42. The number of aromatic nitrogens is 4. The first-order chi connectivity index (χ1) is 13.1. The summed E-state index contributed by atoms with van der Waals surface area (Å²) in [4.78, 5) is 23.4. The average molecular weight is 364 g/mol. The summed E-state index contributed by atoms with van der Waals surface area (Å²) in [5, 5.41) is 9.04. The molecule has 1 fully saturated rings. The number of rotatable bonds is 4. The normalized spacial score (nSPS) is 15.9. The predicted octanol–water partition coefficient (Wildman–Crippen LogP) is 2.70. The molecule has 0 spiro atoms. The van der Waals surface area contributed by atoms with E-state index in [1.165, 1.54) is 0 Å². The molecule has 3 aromatic heterocycles. The highest BCUT2D eigenvalue weighted by molar-refractivity contribution is 5.94. The van der Waals surface area contributed by atoms with E-state index in [0.717, 1.165) is 53.9 Å². The summed E-state index contributed by atoms with van der Waals surface area (Å²) < 4.78 is 1.75. The number of carbonyl (C=O) groups excluding carboxylic acids is 1. The molecule has 1 saturated heterocycles. The van der Waals surface area contributed by atoms with Crippen molar-refractivity contribution in [2.75, 3.05) is 25.0 Å². The van der Waals surface area contributed by atoms with Crippen molar-refractivity contribution < 1.29 is 4.79 Å². The van der Waals surface area contributed by atoms with Gasteiger partial charge < -0.3 is 5.32 Å². The van der Waals surface area contributed by atoms with Gasteiger partial charge in [-0.1, -0.05) is 6.92 Å². The Hall–Kier alpha value is -2.80. The second-order valence-corrected chi connectivity index (χ2v) is 7.40. The minimum atomic E-state index is -0.0158. The fourth-order valence-corrected chi connectivity index (χ4v) is 3.42. The number of anilines is 1. The van der Waals surface area contributed by atoms with E-state index < -0.39 is 0 Å². The number of carbonyl (C=O) groups is 1. The third kappa shape index (κ3) is 4.14. The Bertz CT molecular complexity index is 958. The van der Waals surface area contributed by atoms with Crippen LogP contribution in [0.4, 0.5) is 5.82 Å². The summed E-state index contributed by atoms with van der Waals surface area (Å²) in [6, 6.07) is 3.89. The second kappa shape index (κ2) is 7.44. The van der Waals surface area contributed by atoms with E-state index in [1.807, 2.05) is 25.4 Å². The summed E-state index contributed by atoms with van der Waals surface area (Å²) >= 11 is 0. The van der Waals surface area contributed by atoms with Crippen molar-refractivity contribution in [3.8, 4) is 11.3 Å². The average Bonchev–Trinajstić information content (AvgIpc) is 3.09. The SMILES string of the molecule is CC1CCN(CC(=O)Nc2cc3cc(-c4cnn(C)c4)ncc3cn2)CC1. The largest absolute Gasteiger partial charge is 0.310 e. The first-order valence-electron chi connectivity index (χ1n) is 9.34. The lowest BCUT2D eigenvalue weighted by atomic mass is 9.99. The molecule has 0 radical (unpaired) electrons. The zero-order chi connectivity index (χ0) is 18.8. The molecule has 7 nitrogen and oxygen atoms in total. The van der Waals surface area contributed by atoms with Gasteiger partial charge in [0.25, 0.3) is 0 Å². The van der Waals surface area contributed by atoms with Crippen LogP contribution in [-0.4, -0.2) is 50.2 Å². The molecule has 1 amide bonds. The third-order valence-corrected chi connectivity index (χ3v) is 5.11. The Balaban J connectivity index is 1.48. The van der Waals surface area contributed by atoms with Crippen LogP contribution < -0.4 is 5.32 Å². The molecular weight excluding hydrogens is 340 g/mol. The predicted molar refractivity (Wildman–Crippen MR) is 105 cm³/mol. The number of fused-ring (bicyclic) bond motifs is 1. The molecule has 0 aliphatic carbocycles. The summed E-state index contributed by atoms with van der Waals surface area (Å²) in [5.74, 6) is 1.31. The van der Waals surface area contributed by atoms with E-state index in [1.54, 1.807) is 23.3 Å². The van der Waals surface area contributed by atoms with Gasteiger partial charge in [-0.05, 0) is 49.4 Å². The lowest BCUT2D eigenvalue weighted by molar-refractivity contribution is -0.117. The van der Waals surface area contributed by atoms with Crippen LogP contribution in [0.25, 0.3) is 22.0 Å². The van der Waals surface area contributed by atoms with E-state index in [0.29, 0.717) is 12.4 Å². The fraction of sp³-hybridized carbons (Fsp3) is 0.400. The lowest BCUT2D eigenvalue weighted by Gasteiger charge is -2.29. The Labute approximate surface area is 158 Å². The summed E-state index contributed by atoms with van der Waals surface area (Å²) in [6.45, 7) is 4.66. The van der Waals surface area contributed by atoms with Gasteiger partial charge in [0.1, 0.15) is 5.82 Å². The number of amides is 1. The molecule has 0 saturated carbocycles. The van der Waals surface area contributed by atoms with Crippen molar-refractivity contribution in [1.82, 2.24) is 24.6 Å². The van der Waals surface area contributed by atoms with Crippen molar-refractivity contribution >= 4 is 22.5 Å². The van der Waals surface area contributed by atoms with Crippen molar-refractivity contribution in [3.05, 3.63) is 36.9 Å². The standard InChI is InChI=1S/C20H24N6O/c1-14-3-5-26(6-4-14)13-20(27)24-19-8-15-7-18(17-11-23-25(2)12-17)21-9-16(15)10-22-19/h7-12,14H,3-6,13H2,1-2H3,(H,22,24,27). The molecule has 3 aromatic rings. The monoisotopic (exact) mass is 364 g/mol. The number of likely N-dealkylation sites (tertiary alicyclic amines) is 1. The molecule has 27 heavy (non-hydrogen) atoms. The van der Waals surface area contributed by atoms with Crippen LogP contribution in [0.2, 0.25) is 0 Å². The van der Waals surface area contributed by atoms with Gasteiger partial charge in [0, 0.05) is 36.6 Å². The number of nitrogens with zero attached hydrogens (tertiary/aromatic N) is 5. The van der Waals surface area contributed by atoms with Gasteiger partial charge in [-0.3, -0.25) is 19.4 Å². The Kier molecular flexibility index (Phi) is 4.85. The van der Waals surface area contributed by atoms with Crippen molar-refractivity contribution in [1.29, 1.82) is 0 Å². The van der Waals surface area contributed by atoms with Gasteiger partial charge in [-0.2, -0.15) is 5.10 Å². The van der Waals surface area contributed by atoms with Gasteiger partial charge in [0.2, 0.25) is 5.91 Å². The van der Waals surface area contributed by atoms with Crippen LogP contribution in [0, 0.1) is 5.92 Å². The van der Waals surface area contributed by atoms with Crippen LogP contribution in [-0.2, 0) is 11.8 Å². The van der Waals surface area contributed by atoms with E-state index in [4.69, 9.17) is 0 Å². The molecule has 4 heterocycles. The third-order valence-electron chi connectivity index (χ3n) is 5.11. The van der Waals surface area contributed by atoms with Gasteiger partial charge in [0.05, 0.1) is 18.4 Å². The maximum Gasteiger partial charge on any atom is 0.239 e. The molecule has 0 atom stereocenters. The van der Waals surface area contributed by atoms with E-state index in [-0.39, 0.29) is 5.91 Å². The van der Waals surface area contributed by atoms with E-state index in [2.05, 4.69) is 32.2 Å². The van der Waals surface area contributed by atoms with Crippen LogP contribution in [0.5, 0.6) is 0 Å². The molecule has 140 valence electrons. The van der Waals surface area contributed by atoms with Crippen LogP contribution in [0.3, 0.4) is 0 Å². The number of piperidine rings is 1. The molecule has 1 aliphatic rings. The summed E-state index contributed by atoms with van der Waals surface area (Å²) in [7, 11) is 1.88. The molecule has 0 unspecified atom stereocenters. The Morgan fingerprint density at radius 3 is 2.67 bits per heavy atom. The molecule has 0 aromatic carbocycles. The van der Waals surface area contributed by atoms with Crippen molar-refractivity contribution in [2.45, 2.75) is 19.8 Å². The number of pyridine rings is 2. The molecule has 7 heteroatoms. The smallest absolute Gasteiger partial charge is 0.239 e. The first-order valence-corrected chi connectivity index (χ1v) is 9.34. The van der Waals surface area contributed by atoms with Gasteiger partial charge in [-0.15, -0.1) is 0 Å². The summed E-state index contributed by atoms with van der Waals surface area (Å²) in [6.07, 6.45) is 9.57. The Morgan fingerprint density at radius 1 is 1.15 bits per heavy atom. The number of aryl methyl sites for hydroxylation is 1. The number of hydrogen-bond acceptors (Lipinski definition) is 5. The topological polar surface area (TPSA) is 75.9 Å². The maximum absolute atomic E-state index is 12.4. The second-order valence-electron chi connectivity index (χ2n) is 7.40. The molecule has 1 N–H and O–H groups in total. The van der Waals surface area contributed by atoms with Gasteiger partial charge in [0.15, 0.2) is 0 Å². The van der Waals surface area contributed by atoms with E-state index in [9.17, 15) is 4.79 Å². The van der Waals surface area contributed by atoms with Crippen LogP contribution >= 0.6 is 0 Å². The maximum atomic E-state index is 12.4. The lowest BCUT2D eigenvalue weighted by Crippen LogP contribution is -2.38. The minimum absolute atomic E-state index is 0.0158. The molecular formula is C20H24N6O. The van der Waals surface area contributed by atoms with Gasteiger partial charge in [-0.25, -0.2) is 4.98 Å². The van der Waals surface area contributed by atoms with Crippen LogP contribution in [0.1, 0.15) is 19.8 Å². The highest BCUT2D eigenvalue weighted by Crippen LogP contribution is 2.23. The quantitative estimate of drug-likeness (QED) is 0.770. The number of hydrogen-bond donors (Lipinski definition) is 1. The van der Waals surface area contributed by atoms with Crippen molar-refractivity contribution in [3.63, 3.8) is 0 Å². The molecule has 4 rings (SSSR count). The number of nitrogens with one attached hydrogen (secondary N) is 1. The Morgan fingerprint density at radius 2 is 1.93 bits per heavy atom. The van der Waals surface area contributed by atoms with E-state index >= 15 is 0 Å². The van der Waals surface area contributed by atoms with Gasteiger partial charge >= 0.3 is 0 Å². The zero-order valence-electron chi connectivity index (χ0n) is 15.7.